The Bertz CT molecular complexity index is 380. The summed E-state index contributed by atoms with van der Waals surface area (Å²) in [5.41, 5.74) is 1.41. The van der Waals surface area contributed by atoms with E-state index in [1.165, 1.54) is 57.1 Å². The summed E-state index contributed by atoms with van der Waals surface area (Å²) in [6.07, 6.45) is 14.1. The molecule has 0 aliphatic heterocycles. The first-order chi connectivity index (χ1) is 10.3. The molecule has 1 aliphatic rings. The molecule has 0 aromatic carbocycles. The minimum Gasteiger partial charge on any atom is -0.354 e. The Kier molecular flexibility index (Phi) is 7.31. The van der Waals surface area contributed by atoms with Crippen LogP contribution in [-0.4, -0.2) is 35.6 Å². The maximum Gasteiger partial charge on any atom is 0.0220 e. The number of aromatic nitrogens is 1. The summed E-state index contributed by atoms with van der Waals surface area (Å²) in [5, 5.41) is 3.58. The Morgan fingerprint density at radius 2 is 2.10 bits per heavy atom. The molecule has 1 heterocycles. The molecule has 0 saturated heterocycles. The molecule has 21 heavy (non-hydrogen) atoms. The minimum atomic E-state index is 0.849. The SMILES string of the molecule is CCCn1ccc(CNCCCN(C)C2CCCCC2)c1. The van der Waals surface area contributed by atoms with E-state index in [9.17, 15) is 0 Å². The van der Waals surface area contributed by atoms with Crippen molar-refractivity contribution in [3.8, 4) is 0 Å². The van der Waals surface area contributed by atoms with E-state index < -0.39 is 0 Å². The lowest BCUT2D eigenvalue weighted by Crippen LogP contribution is -2.35. The maximum absolute atomic E-state index is 3.58. The van der Waals surface area contributed by atoms with Crippen molar-refractivity contribution in [1.29, 1.82) is 0 Å². The van der Waals surface area contributed by atoms with Gasteiger partial charge in [-0.05, 0) is 57.5 Å². The predicted molar refractivity (Wildman–Crippen MR) is 90.5 cm³/mol. The zero-order valence-electron chi connectivity index (χ0n) is 14.0. The molecular weight excluding hydrogens is 258 g/mol. The van der Waals surface area contributed by atoms with Crippen LogP contribution in [0, 0.1) is 0 Å². The molecule has 1 N–H and O–H groups in total. The van der Waals surface area contributed by atoms with Gasteiger partial charge >= 0.3 is 0 Å². The average Bonchev–Trinajstić information content (AvgIpc) is 2.95. The highest BCUT2D eigenvalue weighted by Crippen LogP contribution is 2.21. The van der Waals surface area contributed by atoms with Crippen LogP contribution in [-0.2, 0) is 13.1 Å². The van der Waals surface area contributed by atoms with E-state index in [4.69, 9.17) is 0 Å². The molecule has 3 heteroatoms. The summed E-state index contributed by atoms with van der Waals surface area (Å²) in [6, 6.07) is 3.08. The van der Waals surface area contributed by atoms with Gasteiger partial charge in [0.2, 0.25) is 0 Å². The fraction of sp³-hybridized carbons (Fsp3) is 0.778. The van der Waals surface area contributed by atoms with Gasteiger partial charge in [-0.2, -0.15) is 0 Å². The highest BCUT2D eigenvalue weighted by Gasteiger charge is 2.16. The third kappa shape index (κ3) is 5.84. The molecule has 1 aromatic heterocycles. The Morgan fingerprint density at radius 1 is 1.29 bits per heavy atom. The lowest BCUT2D eigenvalue weighted by Gasteiger charge is -2.31. The standard InChI is InChI=1S/C18H33N3/c1-3-12-21-14-10-17(16-21)15-19-11-7-13-20(2)18-8-5-4-6-9-18/h10,14,16,18-19H,3-9,11-13,15H2,1-2H3. The lowest BCUT2D eigenvalue weighted by molar-refractivity contribution is 0.189. The third-order valence-electron chi connectivity index (χ3n) is 4.69. The van der Waals surface area contributed by atoms with Crippen molar-refractivity contribution in [3.63, 3.8) is 0 Å². The minimum absolute atomic E-state index is 0.849. The molecule has 1 saturated carbocycles. The molecule has 1 fully saturated rings. The number of hydrogen-bond donors (Lipinski definition) is 1. The van der Waals surface area contributed by atoms with Gasteiger partial charge in [0.25, 0.3) is 0 Å². The zero-order valence-corrected chi connectivity index (χ0v) is 14.0. The zero-order chi connectivity index (χ0) is 14.9. The normalized spacial score (nSPS) is 16.7. The molecule has 0 amide bonds. The van der Waals surface area contributed by atoms with Gasteiger partial charge in [-0.3, -0.25) is 0 Å². The van der Waals surface area contributed by atoms with Gasteiger partial charge in [0.1, 0.15) is 0 Å². The summed E-state index contributed by atoms with van der Waals surface area (Å²) in [4.78, 5) is 2.58. The second-order valence-corrected chi connectivity index (χ2v) is 6.56. The van der Waals surface area contributed by atoms with Crippen molar-refractivity contribution in [2.24, 2.45) is 0 Å². The quantitative estimate of drug-likeness (QED) is 0.701. The van der Waals surface area contributed by atoms with E-state index in [1.54, 1.807) is 0 Å². The Morgan fingerprint density at radius 3 is 2.86 bits per heavy atom. The summed E-state index contributed by atoms with van der Waals surface area (Å²) < 4.78 is 2.29. The maximum atomic E-state index is 3.58. The summed E-state index contributed by atoms with van der Waals surface area (Å²) in [6.45, 7) is 6.71. The Hall–Kier alpha value is -0.800. The van der Waals surface area contributed by atoms with E-state index in [0.717, 1.165) is 25.7 Å². The van der Waals surface area contributed by atoms with Crippen LogP contribution in [0.25, 0.3) is 0 Å². The van der Waals surface area contributed by atoms with Crippen LogP contribution >= 0.6 is 0 Å². The highest BCUT2D eigenvalue weighted by atomic mass is 15.1. The van der Waals surface area contributed by atoms with Gasteiger partial charge in [-0.25, -0.2) is 0 Å². The second kappa shape index (κ2) is 9.26. The average molecular weight is 291 g/mol. The molecule has 0 atom stereocenters. The Labute approximate surface area is 130 Å². The van der Waals surface area contributed by atoms with Gasteiger partial charge in [0.05, 0.1) is 0 Å². The molecular formula is C18H33N3. The number of rotatable bonds is 9. The predicted octanol–water partition coefficient (Wildman–Crippen LogP) is 3.64. The lowest BCUT2D eigenvalue weighted by atomic mass is 9.94. The van der Waals surface area contributed by atoms with E-state index in [1.807, 2.05) is 0 Å². The molecule has 0 bridgehead atoms. The number of hydrogen-bond acceptors (Lipinski definition) is 2. The number of aryl methyl sites for hydroxylation is 1. The van der Waals surface area contributed by atoms with Crippen LogP contribution < -0.4 is 5.32 Å². The van der Waals surface area contributed by atoms with Crippen LogP contribution in [0.15, 0.2) is 18.5 Å². The first-order valence-electron chi connectivity index (χ1n) is 8.85. The number of nitrogens with zero attached hydrogens (tertiary/aromatic N) is 2. The fourth-order valence-corrected chi connectivity index (χ4v) is 3.38. The first kappa shape index (κ1) is 16.6. The fourth-order valence-electron chi connectivity index (χ4n) is 3.38. The van der Waals surface area contributed by atoms with Crippen molar-refractivity contribution in [2.75, 3.05) is 20.1 Å². The van der Waals surface area contributed by atoms with E-state index >= 15 is 0 Å². The van der Waals surface area contributed by atoms with Crippen molar-refractivity contribution in [1.82, 2.24) is 14.8 Å². The largest absolute Gasteiger partial charge is 0.354 e. The smallest absolute Gasteiger partial charge is 0.0220 e. The second-order valence-electron chi connectivity index (χ2n) is 6.56. The van der Waals surface area contributed by atoms with E-state index in [0.29, 0.717) is 0 Å². The molecule has 120 valence electrons. The van der Waals surface area contributed by atoms with Crippen molar-refractivity contribution in [3.05, 3.63) is 24.0 Å². The monoisotopic (exact) mass is 291 g/mol. The van der Waals surface area contributed by atoms with Crippen LogP contribution in [0.3, 0.4) is 0 Å². The van der Waals surface area contributed by atoms with Gasteiger partial charge in [-0.15, -0.1) is 0 Å². The van der Waals surface area contributed by atoms with E-state index in [2.05, 4.69) is 47.2 Å². The molecule has 0 spiro atoms. The van der Waals surface area contributed by atoms with Gasteiger partial charge in [0, 0.05) is 31.5 Å². The molecule has 0 unspecified atom stereocenters. The summed E-state index contributed by atoms with van der Waals surface area (Å²) in [7, 11) is 2.31. The molecule has 2 rings (SSSR count). The van der Waals surface area contributed by atoms with Crippen molar-refractivity contribution in [2.45, 2.75) is 71.0 Å². The molecule has 0 radical (unpaired) electrons. The van der Waals surface area contributed by atoms with E-state index in [-0.39, 0.29) is 0 Å². The van der Waals surface area contributed by atoms with Crippen molar-refractivity contribution >= 4 is 0 Å². The van der Waals surface area contributed by atoms with Gasteiger partial charge in [-0.1, -0.05) is 26.2 Å². The topological polar surface area (TPSA) is 20.2 Å². The molecule has 3 nitrogen and oxygen atoms in total. The van der Waals surface area contributed by atoms with Gasteiger partial charge in [0.15, 0.2) is 0 Å². The third-order valence-corrected chi connectivity index (χ3v) is 4.69. The summed E-state index contributed by atoms with van der Waals surface area (Å²) in [5.74, 6) is 0. The molecule has 1 aliphatic carbocycles. The Balaban J connectivity index is 1.54. The van der Waals surface area contributed by atoms with Gasteiger partial charge < -0.3 is 14.8 Å². The van der Waals surface area contributed by atoms with Crippen LogP contribution in [0.2, 0.25) is 0 Å². The van der Waals surface area contributed by atoms with Crippen LogP contribution in [0.4, 0.5) is 0 Å². The highest BCUT2D eigenvalue weighted by molar-refractivity contribution is 5.09. The number of nitrogens with one attached hydrogen (secondary N) is 1. The first-order valence-corrected chi connectivity index (χ1v) is 8.85. The summed E-state index contributed by atoms with van der Waals surface area (Å²) >= 11 is 0. The molecule has 1 aromatic rings. The van der Waals surface area contributed by atoms with Crippen molar-refractivity contribution < 1.29 is 0 Å². The van der Waals surface area contributed by atoms with Crippen LogP contribution in [0.5, 0.6) is 0 Å². The van der Waals surface area contributed by atoms with Crippen LogP contribution in [0.1, 0.15) is 57.4 Å².